The van der Waals surface area contributed by atoms with Crippen molar-refractivity contribution in [3.8, 4) is 40.1 Å². The van der Waals surface area contributed by atoms with Gasteiger partial charge in [-0.2, -0.15) is 4.98 Å². The molecule has 0 amide bonds. The number of alkyl halides is 2. The number of methoxy groups -OCH3 is 1. The molecule has 0 fully saturated rings. The molecule has 180 valence electrons. The highest BCUT2D eigenvalue weighted by molar-refractivity contribution is 5.63. The molecule has 3 heterocycles. The van der Waals surface area contributed by atoms with E-state index in [0.29, 0.717) is 36.6 Å². The standard InChI is InChI=1S/C24H19F2N3O6/c1-31-9-10-32-18-4-2-3-15(11-18)13-29-14-17(6-8-21(29)30)22-27-23(35-28-22)16-5-7-19-20(12-16)34-24(25,26)33-19/h2-8,11-12,14H,9-10,13H2,1H3. The number of hydrogen-bond acceptors (Lipinski definition) is 8. The van der Waals surface area contributed by atoms with Gasteiger partial charge >= 0.3 is 6.29 Å². The number of fused-ring (bicyclic) bond motifs is 1. The lowest BCUT2D eigenvalue weighted by Gasteiger charge is -2.10. The Bertz CT molecular complexity index is 1420. The summed E-state index contributed by atoms with van der Waals surface area (Å²) < 4.78 is 52.9. The summed E-state index contributed by atoms with van der Waals surface area (Å²) in [6, 6.07) is 14.6. The van der Waals surface area contributed by atoms with Gasteiger partial charge in [-0.1, -0.05) is 17.3 Å². The van der Waals surface area contributed by atoms with Gasteiger partial charge in [0.25, 0.3) is 11.4 Å². The minimum absolute atomic E-state index is 0.0845. The maximum Gasteiger partial charge on any atom is 0.586 e. The Morgan fingerprint density at radius 3 is 2.69 bits per heavy atom. The van der Waals surface area contributed by atoms with Crippen LogP contribution in [0.5, 0.6) is 17.2 Å². The van der Waals surface area contributed by atoms with Crippen LogP contribution in [0.3, 0.4) is 0 Å². The van der Waals surface area contributed by atoms with Gasteiger partial charge in [0.1, 0.15) is 12.4 Å². The largest absolute Gasteiger partial charge is 0.586 e. The van der Waals surface area contributed by atoms with Crippen molar-refractivity contribution in [1.82, 2.24) is 14.7 Å². The van der Waals surface area contributed by atoms with Crippen molar-refractivity contribution in [1.29, 1.82) is 0 Å². The lowest BCUT2D eigenvalue weighted by molar-refractivity contribution is -0.286. The van der Waals surface area contributed by atoms with E-state index in [-0.39, 0.29) is 28.8 Å². The van der Waals surface area contributed by atoms with E-state index in [2.05, 4.69) is 19.6 Å². The number of pyridine rings is 1. The lowest BCUT2D eigenvalue weighted by Crippen LogP contribution is -2.25. The van der Waals surface area contributed by atoms with E-state index in [0.717, 1.165) is 5.56 Å². The van der Waals surface area contributed by atoms with Crippen LogP contribution in [0.4, 0.5) is 8.78 Å². The van der Waals surface area contributed by atoms with Crippen LogP contribution in [0.25, 0.3) is 22.8 Å². The number of halogens is 2. The minimum Gasteiger partial charge on any atom is -0.491 e. The van der Waals surface area contributed by atoms with Gasteiger partial charge in [0.15, 0.2) is 11.5 Å². The van der Waals surface area contributed by atoms with Crippen LogP contribution in [-0.4, -0.2) is 41.3 Å². The first-order chi connectivity index (χ1) is 16.9. The molecule has 35 heavy (non-hydrogen) atoms. The number of hydrogen-bond donors (Lipinski definition) is 0. The predicted molar refractivity (Wildman–Crippen MR) is 119 cm³/mol. The third-order valence-corrected chi connectivity index (χ3v) is 5.12. The summed E-state index contributed by atoms with van der Waals surface area (Å²) in [6.07, 6.45) is -2.10. The zero-order chi connectivity index (χ0) is 24.4. The van der Waals surface area contributed by atoms with Crippen LogP contribution in [0.15, 0.2) is 70.1 Å². The first-order valence-electron chi connectivity index (χ1n) is 10.6. The minimum atomic E-state index is -3.72. The SMILES string of the molecule is COCCOc1cccc(Cn2cc(-c3noc(-c4ccc5c(c4)OC(F)(F)O5)n3)ccc2=O)c1. The number of nitrogens with zero attached hydrogens (tertiary/aromatic N) is 3. The summed E-state index contributed by atoms with van der Waals surface area (Å²) in [5.74, 6) is 0.787. The van der Waals surface area contributed by atoms with E-state index in [9.17, 15) is 13.6 Å². The molecule has 1 aliphatic heterocycles. The van der Waals surface area contributed by atoms with Crippen LogP contribution in [-0.2, 0) is 11.3 Å². The average Bonchev–Trinajstić information content (AvgIpc) is 3.44. The van der Waals surface area contributed by atoms with Gasteiger partial charge in [-0.05, 0) is 42.0 Å². The summed E-state index contributed by atoms with van der Waals surface area (Å²) in [7, 11) is 1.60. The third-order valence-electron chi connectivity index (χ3n) is 5.12. The zero-order valence-corrected chi connectivity index (χ0v) is 18.4. The van der Waals surface area contributed by atoms with E-state index in [1.54, 1.807) is 19.4 Å². The smallest absolute Gasteiger partial charge is 0.491 e. The van der Waals surface area contributed by atoms with Crippen molar-refractivity contribution >= 4 is 0 Å². The molecule has 5 rings (SSSR count). The topological polar surface area (TPSA) is 97.8 Å². The van der Waals surface area contributed by atoms with Crippen molar-refractivity contribution in [2.75, 3.05) is 20.3 Å². The van der Waals surface area contributed by atoms with Gasteiger partial charge in [0, 0.05) is 30.5 Å². The molecule has 11 heteroatoms. The zero-order valence-electron chi connectivity index (χ0n) is 18.4. The van der Waals surface area contributed by atoms with Crippen molar-refractivity contribution in [2.45, 2.75) is 12.8 Å². The van der Waals surface area contributed by atoms with Gasteiger partial charge in [-0.3, -0.25) is 4.79 Å². The molecule has 0 unspecified atom stereocenters. The van der Waals surface area contributed by atoms with E-state index in [1.165, 1.54) is 28.8 Å². The van der Waals surface area contributed by atoms with Crippen LogP contribution < -0.4 is 19.8 Å². The lowest BCUT2D eigenvalue weighted by atomic mass is 10.2. The normalized spacial score (nSPS) is 13.7. The molecule has 0 saturated heterocycles. The first-order valence-corrected chi connectivity index (χ1v) is 10.6. The van der Waals surface area contributed by atoms with Crippen molar-refractivity contribution in [3.63, 3.8) is 0 Å². The van der Waals surface area contributed by atoms with Crippen molar-refractivity contribution in [3.05, 3.63) is 76.7 Å². The predicted octanol–water partition coefficient (Wildman–Crippen LogP) is 3.96. The maximum absolute atomic E-state index is 13.3. The fourth-order valence-electron chi connectivity index (χ4n) is 3.50. The molecule has 0 atom stereocenters. The summed E-state index contributed by atoms with van der Waals surface area (Å²) in [5.41, 5.74) is 1.58. The Morgan fingerprint density at radius 2 is 1.83 bits per heavy atom. The summed E-state index contributed by atoms with van der Waals surface area (Å²) in [6.45, 7) is 1.19. The molecule has 2 aromatic carbocycles. The van der Waals surface area contributed by atoms with Gasteiger partial charge in [0.2, 0.25) is 5.82 Å². The highest BCUT2D eigenvalue weighted by atomic mass is 19.3. The molecule has 0 radical (unpaired) electrons. The molecule has 4 aromatic rings. The maximum atomic E-state index is 13.3. The Morgan fingerprint density at radius 1 is 1.00 bits per heavy atom. The fourth-order valence-corrected chi connectivity index (χ4v) is 3.50. The molecule has 0 aliphatic carbocycles. The van der Waals surface area contributed by atoms with E-state index in [4.69, 9.17) is 14.0 Å². The molecule has 0 spiro atoms. The Labute approximate surface area is 197 Å². The van der Waals surface area contributed by atoms with Gasteiger partial charge in [-0.15, -0.1) is 8.78 Å². The highest BCUT2D eigenvalue weighted by Gasteiger charge is 2.43. The third kappa shape index (κ3) is 4.99. The molecule has 9 nitrogen and oxygen atoms in total. The van der Waals surface area contributed by atoms with Crippen molar-refractivity contribution in [2.24, 2.45) is 0 Å². The van der Waals surface area contributed by atoms with Gasteiger partial charge in [0.05, 0.1) is 13.2 Å². The Kier molecular flexibility index (Phi) is 5.91. The molecular formula is C24H19F2N3O6. The fraction of sp³-hybridized carbons (Fsp3) is 0.208. The molecule has 0 N–H and O–H groups in total. The van der Waals surface area contributed by atoms with Gasteiger partial charge < -0.3 is 28.0 Å². The van der Waals surface area contributed by atoms with Crippen LogP contribution in [0.2, 0.25) is 0 Å². The van der Waals surface area contributed by atoms with Crippen molar-refractivity contribution < 1.29 is 32.3 Å². The van der Waals surface area contributed by atoms with E-state index >= 15 is 0 Å². The Balaban J connectivity index is 1.36. The molecule has 0 saturated carbocycles. The van der Waals surface area contributed by atoms with Crippen LogP contribution in [0, 0.1) is 0 Å². The van der Waals surface area contributed by atoms with E-state index in [1.807, 2.05) is 24.3 Å². The number of ether oxygens (including phenoxy) is 4. The Hall–Kier alpha value is -4.25. The monoisotopic (exact) mass is 483 g/mol. The van der Waals surface area contributed by atoms with Crippen LogP contribution in [0.1, 0.15) is 5.56 Å². The van der Waals surface area contributed by atoms with Gasteiger partial charge in [-0.25, -0.2) is 0 Å². The van der Waals surface area contributed by atoms with Crippen LogP contribution >= 0.6 is 0 Å². The molecule has 1 aliphatic rings. The average molecular weight is 483 g/mol. The highest BCUT2D eigenvalue weighted by Crippen LogP contribution is 2.42. The second kappa shape index (κ2) is 9.18. The molecule has 0 bridgehead atoms. The first kappa shape index (κ1) is 22.5. The number of benzene rings is 2. The summed E-state index contributed by atoms with van der Waals surface area (Å²) >= 11 is 0. The second-order valence-electron chi connectivity index (χ2n) is 7.62. The summed E-state index contributed by atoms with van der Waals surface area (Å²) in [4.78, 5) is 16.8. The molecular weight excluding hydrogens is 464 g/mol. The number of rotatable bonds is 8. The molecule has 2 aromatic heterocycles. The summed E-state index contributed by atoms with van der Waals surface area (Å²) in [5, 5.41) is 3.97. The second-order valence-corrected chi connectivity index (χ2v) is 7.62. The quantitative estimate of drug-likeness (QED) is 0.348. The van der Waals surface area contributed by atoms with E-state index < -0.39 is 6.29 Å². The number of aromatic nitrogens is 3.